The molecule has 4 bridgehead atoms. The van der Waals surface area contributed by atoms with Gasteiger partial charge in [-0.2, -0.15) is 0 Å². The molecular formula is C63H66N4O. The largest absolute Gasteiger partial charge is 0.457 e. The van der Waals surface area contributed by atoms with E-state index in [0.29, 0.717) is 29.6 Å². The summed E-state index contributed by atoms with van der Waals surface area (Å²) in [7, 11) is 2.18. The van der Waals surface area contributed by atoms with Crippen molar-refractivity contribution in [2.24, 2.45) is 23.7 Å². The van der Waals surface area contributed by atoms with Crippen molar-refractivity contribution in [1.82, 2.24) is 9.55 Å². The molecular weight excluding hydrogens is 829 g/mol. The van der Waals surface area contributed by atoms with Crippen molar-refractivity contribution in [3.63, 3.8) is 0 Å². The number of para-hydroxylation sites is 3. The molecule has 0 unspecified atom stereocenters. The van der Waals surface area contributed by atoms with E-state index in [0.717, 1.165) is 52.5 Å². The molecule has 1 aliphatic heterocycles. The molecule has 0 saturated heterocycles. The molecule has 4 fully saturated rings. The van der Waals surface area contributed by atoms with E-state index in [4.69, 9.17) is 9.72 Å². The standard InChI is InChI=1S/C63H66N4O/c1-38(2)44-32-55(39(3)4)62(56(33-44)40(5)6)45-30-50(66-37-65(8)58-15-11-12-16-59(58)66)35-52(31-45)68-51-21-22-54-53-13-9-10-14-57(53)67(60(54)36-51)61-34-47(23-24-64-61)63(46-19-17-41(7)18-20-46)48-26-42-25-43(28-48)29-49(63)27-42/h9-24,30-36,38-40,42-43,48-49H,25-29,37H2,1-8H3. The summed E-state index contributed by atoms with van der Waals surface area (Å²) in [5.41, 5.74) is 16.8. The number of rotatable bonds is 10. The van der Waals surface area contributed by atoms with Crippen molar-refractivity contribution in [2.75, 3.05) is 23.5 Å². The average Bonchev–Trinajstić information content (AvgIpc) is 3.85. The Balaban J connectivity index is 1.01. The van der Waals surface area contributed by atoms with Gasteiger partial charge in [0, 0.05) is 47.3 Å². The Kier molecular flexibility index (Phi) is 10.4. The zero-order valence-electron chi connectivity index (χ0n) is 41.3. The van der Waals surface area contributed by atoms with Gasteiger partial charge < -0.3 is 14.5 Å². The number of benzene rings is 6. The summed E-state index contributed by atoms with van der Waals surface area (Å²) in [6.45, 7) is 16.9. The number of nitrogens with zero attached hydrogens (tertiary/aromatic N) is 4. The quantitative estimate of drug-likeness (QED) is 0.137. The molecule has 5 aliphatic rings. The highest BCUT2D eigenvalue weighted by molar-refractivity contribution is 6.09. The summed E-state index contributed by atoms with van der Waals surface area (Å²) in [5.74, 6) is 6.77. The van der Waals surface area contributed by atoms with Crippen LogP contribution in [0.4, 0.5) is 17.1 Å². The van der Waals surface area contributed by atoms with Gasteiger partial charge in [-0.25, -0.2) is 4.98 Å². The van der Waals surface area contributed by atoms with Gasteiger partial charge in [0.05, 0.1) is 29.1 Å². The van der Waals surface area contributed by atoms with E-state index in [9.17, 15) is 0 Å². The van der Waals surface area contributed by atoms with Gasteiger partial charge in [0.2, 0.25) is 0 Å². The van der Waals surface area contributed by atoms with E-state index in [1.165, 1.54) is 98.8 Å². The number of ether oxygens (including phenoxy) is 1. The lowest BCUT2D eigenvalue weighted by Gasteiger charge is -2.62. The van der Waals surface area contributed by atoms with Crippen molar-refractivity contribution >= 4 is 38.9 Å². The first-order chi connectivity index (χ1) is 32.9. The van der Waals surface area contributed by atoms with Gasteiger partial charge in [-0.3, -0.25) is 4.57 Å². The molecule has 4 aliphatic carbocycles. The normalized spacial score (nSPS) is 21.9. The molecule has 13 rings (SSSR count). The van der Waals surface area contributed by atoms with Crippen LogP contribution in [-0.4, -0.2) is 23.3 Å². The maximum atomic E-state index is 7.21. The maximum absolute atomic E-state index is 7.21. The highest BCUT2D eigenvalue weighted by atomic mass is 16.5. The molecule has 0 atom stereocenters. The van der Waals surface area contributed by atoms with Crippen LogP contribution in [-0.2, 0) is 5.41 Å². The van der Waals surface area contributed by atoms with E-state index >= 15 is 0 Å². The van der Waals surface area contributed by atoms with Crippen LogP contribution in [0.5, 0.6) is 11.5 Å². The first-order valence-corrected chi connectivity index (χ1v) is 25.6. The fourth-order valence-electron chi connectivity index (χ4n) is 13.9. The van der Waals surface area contributed by atoms with Gasteiger partial charge >= 0.3 is 0 Å². The molecule has 0 amide bonds. The molecule has 344 valence electrons. The summed E-state index contributed by atoms with van der Waals surface area (Å²) in [6, 6.07) is 50.5. The predicted octanol–water partition coefficient (Wildman–Crippen LogP) is 16.6. The van der Waals surface area contributed by atoms with Crippen LogP contribution in [0.2, 0.25) is 0 Å². The Hall–Kier alpha value is -6.33. The number of hydrogen-bond acceptors (Lipinski definition) is 4. The van der Waals surface area contributed by atoms with E-state index in [1.807, 2.05) is 0 Å². The monoisotopic (exact) mass is 895 g/mol. The minimum absolute atomic E-state index is 0.0147. The minimum Gasteiger partial charge on any atom is -0.457 e. The van der Waals surface area contributed by atoms with Crippen LogP contribution in [0.3, 0.4) is 0 Å². The Morgan fingerprint density at radius 1 is 0.588 bits per heavy atom. The first kappa shape index (κ1) is 43.0. The lowest BCUT2D eigenvalue weighted by atomic mass is 9.42. The highest BCUT2D eigenvalue weighted by Gasteiger charge is 2.58. The molecule has 3 heterocycles. The minimum atomic E-state index is -0.0147. The average molecular weight is 895 g/mol. The predicted molar refractivity (Wildman–Crippen MR) is 284 cm³/mol. The number of aryl methyl sites for hydroxylation is 1. The Morgan fingerprint density at radius 3 is 1.94 bits per heavy atom. The summed E-state index contributed by atoms with van der Waals surface area (Å²) in [6.07, 6.45) is 8.86. The molecule has 0 spiro atoms. The topological polar surface area (TPSA) is 33.5 Å². The van der Waals surface area contributed by atoms with E-state index in [1.54, 1.807) is 0 Å². The van der Waals surface area contributed by atoms with Crippen molar-refractivity contribution in [1.29, 1.82) is 0 Å². The second kappa shape index (κ2) is 16.4. The van der Waals surface area contributed by atoms with Crippen molar-refractivity contribution < 1.29 is 4.74 Å². The zero-order valence-corrected chi connectivity index (χ0v) is 41.3. The van der Waals surface area contributed by atoms with Gasteiger partial charge in [-0.1, -0.05) is 114 Å². The van der Waals surface area contributed by atoms with Gasteiger partial charge in [-0.05, 0) is 174 Å². The number of hydrogen-bond donors (Lipinski definition) is 0. The fraction of sp³-hybridized carbons (Fsp3) is 0.349. The van der Waals surface area contributed by atoms with Crippen molar-refractivity contribution in [3.05, 3.63) is 173 Å². The molecule has 8 aromatic rings. The Labute approximate surface area is 403 Å². The van der Waals surface area contributed by atoms with Crippen LogP contribution in [0.1, 0.15) is 125 Å². The molecule has 0 N–H and O–H groups in total. The molecule has 5 nitrogen and oxygen atoms in total. The Bertz CT molecular complexity index is 3170. The van der Waals surface area contributed by atoms with E-state index < -0.39 is 0 Å². The second-order valence-electron chi connectivity index (χ2n) is 22.1. The number of pyridine rings is 1. The third-order valence-corrected chi connectivity index (χ3v) is 16.8. The van der Waals surface area contributed by atoms with Crippen LogP contribution in [0.15, 0.2) is 140 Å². The van der Waals surface area contributed by atoms with Crippen LogP contribution in [0.25, 0.3) is 38.8 Å². The molecule has 68 heavy (non-hydrogen) atoms. The van der Waals surface area contributed by atoms with Gasteiger partial charge in [-0.15, -0.1) is 0 Å². The Morgan fingerprint density at radius 2 is 1.25 bits per heavy atom. The number of aromatic nitrogens is 2. The molecule has 0 radical (unpaired) electrons. The SMILES string of the molecule is Cc1ccc(C2(c3ccnc(-n4c5ccccc5c5ccc(Oc6cc(-c7c(C(C)C)cc(C(C)C)cc7C(C)C)cc(N7CN(C)c8ccccc87)c6)cc54)c3)C3CC4CC(C3)CC2C4)cc1. The lowest BCUT2D eigenvalue weighted by molar-refractivity contribution is -0.0418. The second-order valence-corrected chi connectivity index (χ2v) is 22.1. The molecule has 5 heteroatoms. The summed E-state index contributed by atoms with van der Waals surface area (Å²) < 4.78 is 9.61. The fourth-order valence-corrected chi connectivity index (χ4v) is 13.9. The van der Waals surface area contributed by atoms with Crippen molar-refractivity contribution in [2.45, 2.75) is 104 Å². The third kappa shape index (κ3) is 6.89. The van der Waals surface area contributed by atoms with Gasteiger partial charge in [0.1, 0.15) is 17.3 Å². The lowest BCUT2D eigenvalue weighted by Crippen LogP contribution is -2.56. The molecule has 2 aromatic heterocycles. The van der Waals surface area contributed by atoms with Crippen LogP contribution < -0.4 is 14.5 Å². The smallest absolute Gasteiger partial charge is 0.137 e. The van der Waals surface area contributed by atoms with E-state index in [2.05, 4.69) is 210 Å². The third-order valence-electron chi connectivity index (χ3n) is 16.8. The summed E-state index contributed by atoms with van der Waals surface area (Å²) in [5, 5.41) is 2.42. The summed E-state index contributed by atoms with van der Waals surface area (Å²) >= 11 is 0. The van der Waals surface area contributed by atoms with Gasteiger partial charge in [0.25, 0.3) is 0 Å². The van der Waals surface area contributed by atoms with Gasteiger partial charge in [0.15, 0.2) is 0 Å². The zero-order chi connectivity index (χ0) is 46.6. The molecule has 4 saturated carbocycles. The number of fused-ring (bicyclic) bond motifs is 4. The van der Waals surface area contributed by atoms with E-state index in [-0.39, 0.29) is 5.41 Å². The molecule has 6 aromatic carbocycles. The van der Waals surface area contributed by atoms with Crippen LogP contribution in [0, 0.1) is 30.6 Å². The maximum Gasteiger partial charge on any atom is 0.137 e. The highest BCUT2D eigenvalue weighted by Crippen LogP contribution is 2.65. The van der Waals surface area contributed by atoms with Crippen molar-refractivity contribution in [3.8, 4) is 28.4 Å². The van der Waals surface area contributed by atoms with Crippen LogP contribution >= 0.6 is 0 Å². The number of anilines is 3. The first-order valence-electron chi connectivity index (χ1n) is 25.6. The summed E-state index contributed by atoms with van der Waals surface area (Å²) in [4.78, 5) is 10.0.